The number of hydrogen-bond acceptors (Lipinski definition) is 7. The summed E-state index contributed by atoms with van der Waals surface area (Å²) in [6.45, 7) is 0.146. The van der Waals surface area contributed by atoms with Crippen molar-refractivity contribution in [2.45, 2.75) is 18.9 Å². The number of halogens is 4. The highest BCUT2D eigenvalue weighted by Gasteiger charge is 2.33. The lowest BCUT2D eigenvalue weighted by Crippen LogP contribution is -2.49. The number of piperazine rings is 1. The van der Waals surface area contributed by atoms with Crippen molar-refractivity contribution in [2.75, 3.05) is 48.7 Å². The average molecular weight is 440 g/mol. The monoisotopic (exact) mass is 440 g/mol. The van der Waals surface area contributed by atoms with E-state index in [1.54, 1.807) is 6.07 Å². The lowest BCUT2D eigenvalue weighted by molar-refractivity contribution is -0.146. The molecule has 0 saturated carbocycles. The summed E-state index contributed by atoms with van der Waals surface area (Å²) in [4.78, 5) is 24.1. The molecule has 1 unspecified atom stereocenters. The second-order valence-electron chi connectivity index (χ2n) is 7.29. The molecular weight excluding hydrogens is 420 g/mol. The molecule has 2 aliphatic heterocycles. The van der Waals surface area contributed by atoms with Gasteiger partial charge in [-0.2, -0.15) is 18.3 Å². The van der Waals surface area contributed by atoms with Crippen molar-refractivity contribution in [3.05, 3.63) is 24.0 Å². The minimum atomic E-state index is -4.24. The molecule has 1 amide bonds. The van der Waals surface area contributed by atoms with Crippen LogP contribution in [-0.2, 0) is 6.54 Å². The van der Waals surface area contributed by atoms with Crippen molar-refractivity contribution < 1.29 is 22.4 Å². The van der Waals surface area contributed by atoms with E-state index in [1.165, 1.54) is 22.0 Å². The molecule has 2 aromatic heterocycles. The van der Waals surface area contributed by atoms with Gasteiger partial charge >= 0.3 is 6.18 Å². The van der Waals surface area contributed by atoms with Crippen LogP contribution in [0.15, 0.2) is 23.5 Å². The third kappa shape index (κ3) is 4.60. The third-order valence-electron chi connectivity index (χ3n) is 5.05. The van der Waals surface area contributed by atoms with Gasteiger partial charge in [-0.25, -0.2) is 14.1 Å². The summed E-state index contributed by atoms with van der Waals surface area (Å²) in [5, 5.41) is 6.69. The van der Waals surface area contributed by atoms with Gasteiger partial charge in [0.25, 0.3) is 5.91 Å². The number of pyridine rings is 1. The van der Waals surface area contributed by atoms with Crippen LogP contribution in [0.25, 0.3) is 0 Å². The molecule has 0 spiro atoms. The van der Waals surface area contributed by atoms with Crippen LogP contribution >= 0.6 is 0 Å². The van der Waals surface area contributed by atoms with Crippen LogP contribution in [0, 0.1) is 0 Å². The van der Waals surface area contributed by atoms with Gasteiger partial charge in [-0.05, 0) is 6.07 Å². The molecular formula is C18H20F4N8O. The van der Waals surface area contributed by atoms with Gasteiger partial charge in [-0.3, -0.25) is 14.7 Å². The van der Waals surface area contributed by atoms with Crippen LogP contribution in [0.4, 0.5) is 40.6 Å². The highest BCUT2D eigenvalue weighted by Crippen LogP contribution is 2.31. The van der Waals surface area contributed by atoms with E-state index in [2.05, 4.69) is 20.4 Å². The number of nitrogens with one attached hydrogen (secondary N) is 1. The van der Waals surface area contributed by atoms with Gasteiger partial charge in [0.15, 0.2) is 17.8 Å². The SMILES string of the molecule is Nc1nn2c(c1C(=O)Nc1cnccc1N1CCN(CC(F)(F)F)CC1)N=CC(F)C2. The molecule has 1 atom stereocenters. The van der Waals surface area contributed by atoms with E-state index >= 15 is 0 Å². The number of rotatable bonds is 4. The Balaban J connectivity index is 1.50. The number of hydrogen-bond donors (Lipinski definition) is 2. The molecule has 166 valence electrons. The van der Waals surface area contributed by atoms with Crippen LogP contribution in [0.3, 0.4) is 0 Å². The van der Waals surface area contributed by atoms with E-state index in [0.29, 0.717) is 24.5 Å². The van der Waals surface area contributed by atoms with Gasteiger partial charge in [-0.15, -0.1) is 0 Å². The maximum Gasteiger partial charge on any atom is 0.401 e. The third-order valence-corrected chi connectivity index (χ3v) is 5.05. The Bertz CT molecular complexity index is 997. The van der Waals surface area contributed by atoms with Crippen LogP contribution in [0.1, 0.15) is 10.4 Å². The molecule has 2 aromatic rings. The highest BCUT2D eigenvalue weighted by atomic mass is 19.4. The van der Waals surface area contributed by atoms with Gasteiger partial charge in [0.1, 0.15) is 5.56 Å². The van der Waals surface area contributed by atoms with E-state index in [4.69, 9.17) is 5.73 Å². The molecule has 1 saturated heterocycles. The minimum absolute atomic E-state index is 0.0212. The van der Waals surface area contributed by atoms with Crippen molar-refractivity contribution >= 4 is 35.1 Å². The van der Waals surface area contributed by atoms with Gasteiger partial charge in [0, 0.05) is 38.6 Å². The Hall–Kier alpha value is -3.22. The fourth-order valence-corrected chi connectivity index (χ4v) is 3.66. The number of carbonyl (C=O) groups is 1. The molecule has 31 heavy (non-hydrogen) atoms. The van der Waals surface area contributed by atoms with E-state index in [0.717, 1.165) is 6.21 Å². The van der Waals surface area contributed by atoms with Gasteiger partial charge in [0.05, 0.1) is 30.7 Å². The number of fused-ring (bicyclic) bond motifs is 1. The Morgan fingerprint density at radius 3 is 2.71 bits per heavy atom. The number of alkyl halides is 4. The van der Waals surface area contributed by atoms with E-state index in [9.17, 15) is 22.4 Å². The maximum atomic E-state index is 13.5. The van der Waals surface area contributed by atoms with Crippen molar-refractivity contribution in [3.63, 3.8) is 0 Å². The Labute approximate surface area is 174 Å². The van der Waals surface area contributed by atoms with Crippen molar-refractivity contribution in [3.8, 4) is 0 Å². The first-order valence-electron chi connectivity index (χ1n) is 9.55. The number of nitrogens with two attached hydrogens (primary N) is 1. The van der Waals surface area contributed by atoms with Gasteiger partial charge < -0.3 is 16.0 Å². The summed E-state index contributed by atoms with van der Waals surface area (Å²) in [5.74, 6) is -0.502. The zero-order chi connectivity index (χ0) is 22.2. The second kappa shape index (κ2) is 8.13. The topological polar surface area (TPSA) is 105 Å². The quantitative estimate of drug-likeness (QED) is 0.704. The molecule has 0 bridgehead atoms. The zero-order valence-corrected chi connectivity index (χ0v) is 16.3. The summed E-state index contributed by atoms with van der Waals surface area (Å²) in [6.07, 6.45) is -1.49. The van der Waals surface area contributed by atoms with Crippen LogP contribution in [0.2, 0.25) is 0 Å². The summed E-state index contributed by atoms with van der Waals surface area (Å²) >= 11 is 0. The summed E-state index contributed by atoms with van der Waals surface area (Å²) in [6, 6.07) is 1.68. The number of amides is 1. The molecule has 2 aliphatic rings. The Morgan fingerprint density at radius 1 is 1.26 bits per heavy atom. The molecule has 0 aliphatic carbocycles. The van der Waals surface area contributed by atoms with E-state index in [-0.39, 0.29) is 36.8 Å². The number of aliphatic imine (C=N–C) groups is 1. The average Bonchev–Trinajstić information content (AvgIpc) is 3.02. The largest absolute Gasteiger partial charge is 0.401 e. The second-order valence-corrected chi connectivity index (χ2v) is 7.29. The number of nitrogens with zero attached hydrogens (tertiary/aromatic N) is 6. The number of nitrogen functional groups attached to an aromatic ring is 1. The molecule has 0 aromatic carbocycles. The fourth-order valence-electron chi connectivity index (χ4n) is 3.66. The summed E-state index contributed by atoms with van der Waals surface area (Å²) in [7, 11) is 0. The lowest BCUT2D eigenvalue weighted by Gasteiger charge is -2.37. The summed E-state index contributed by atoms with van der Waals surface area (Å²) in [5.41, 5.74) is 6.88. The predicted octanol–water partition coefficient (Wildman–Crippen LogP) is 1.85. The standard InChI is InChI=1S/C18H20F4N8O/c19-11-7-25-16-14(15(23)27-30(16)9-11)17(31)26-12-8-24-2-1-13(12)29-5-3-28(4-6-29)10-18(20,21)22/h1-2,7-8,11H,3-6,9-10H2,(H2,23,27)(H,26,31). The van der Waals surface area contributed by atoms with Gasteiger partial charge in [-0.1, -0.05) is 0 Å². The van der Waals surface area contributed by atoms with Crippen LogP contribution in [0.5, 0.6) is 0 Å². The molecule has 13 heteroatoms. The first-order chi connectivity index (χ1) is 14.7. The predicted molar refractivity (Wildman–Crippen MR) is 107 cm³/mol. The fraction of sp³-hybridized carbons (Fsp3) is 0.444. The number of carbonyl (C=O) groups excluding carboxylic acids is 1. The van der Waals surface area contributed by atoms with E-state index < -0.39 is 24.8 Å². The first-order valence-corrected chi connectivity index (χ1v) is 9.55. The Morgan fingerprint density at radius 2 is 2.00 bits per heavy atom. The van der Waals surface area contributed by atoms with Crippen molar-refractivity contribution in [2.24, 2.45) is 4.99 Å². The van der Waals surface area contributed by atoms with Crippen molar-refractivity contribution in [1.29, 1.82) is 0 Å². The van der Waals surface area contributed by atoms with Crippen LogP contribution in [-0.4, -0.2) is 76.9 Å². The normalized spacial score (nSPS) is 19.4. The molecule has 4 rings (SSSR count). The Kier molecular flexibility index (Phi) is 5.52. The first kappa shape index (κ1) is 21.0. The summed E-state index contributed by atoms with van der Waals surface area (Å²) < 4.78 is 52.6. The minimum Gasteiger partial charge on any atom is -0.381 e. The maximum absolute atomic E-state index is 13.5. The lowest BCUT2D eigenvalue weighted by atomic mass is 10.2. The molecule has 1 fully saturated rings. The van der Waals surface area contributed by atoms with Gasteiger partial charge in [0.2, 0.25) is 0 Å². The smallest absolute Gasteiger partial charge is 0.381 e. The molecule has 4 heterocycles. The number of anilines is 3. The highest BCUT2D eigenvalue weighted by molar-refractivity contribution is 6.11. The van der Waals surface area contributed by atoms with E-state index in [1.807, 2.05) is 4.90 Å². The van der Waals surface area contributed by atoms with Crippen molar-refractivity contribution in [1.82, 2.24) is 19.7 Å². The van der Waals surface area contributed by atoms with Crippen LogP contribution < -0.4 is 16.0 Å². The number of aromatic nitrogens is 3. The molecule has 3 N–H and O–H groups in total. The molecule has 9 nitrogen and oxygen atoms in total. The zero-order valence-electron chi connectivity index (χ0n) is 16.3. The molecule has 0 radical (unpaired) electrons.